The number of nitrogens with one attached hydrogen (secondary N) is 3. The van der Waals surface area contributed by atoms with Gasteiger partial charge in [0, 0.05) is 35.8 Å². The van der Waals surface area contributed by atoms with Crippen LogP contribution in [-0.2, 0) is 56.0 Å². The molecule has 73 heavy (non-hydrogen) atoms. The van der Waals surface area contributed by atoms with Gasteiger partial charge in [0.15, 0.2) is 0 Å². The SMILES string of the molecule is O=C1CCC(N2C(=O)c3cccc(NCCOCCOCCOCCOCCOCc4cn(Cc5ccnc6c(NC(=O)c7ccc(N8C(=O)[C@@H]9[C@H](C8=O)C8C=C[C@H]9C8)cc7)cccc56)nn4)c3C2=O)C(=O)N1. The summed E-state index contributed by atoms with van der Waals surface area (Å²) < 4.78 is 29.8. The van der Waals surface area contributed by atoms with E-state index in [1.807, 2.05) is 24.4 Å². The van der Waals surface area contributed by atoms with Crippen molar-refractivity contribution in [2.45, 2.75) is 38.5 Å². The number of pyridine rings is 1. The van der Waals surface area contributed by atoms with Gasteiger partial charge in [0.2, 0.25) is 23.6 Å². The van der Waals surface area contributed by atoms with Gasteiger partial charge in [0.25, 0.3) is 17.7 Å². The monoisotopic (exact) mass is 995 g/mol. The standard InChI is InChI=1S/C52H53N9O12/c62-42-14-13-41(48(64)56-42)61-49(65)38-4-2-5-39(45(38)52(61)68)53-17-18-69-19-20-70-21-22-71-23-24-72-25-26-73-30-35-29-59(58-57-35)28-34-15-16-54-46-37(34)3-1-6-40(46)55-47(63)31-9-11-36(12-10-31)60-50(66)43-32-7-8-33(27-32)44(43)51(60)67/h1-12,15-16,29,32-33,41,43-44,53H,13-14,17-28,30H2,(H,55,63)(H,56,62,64)/t32-,33?,41?,43-,44+/m0/s1. The van der Waals surface area contributed by atoms with E-state index in [1.54, 1.807) is 59.4 Å². The number of benzene rings is 3. The third kappa shape index (κ3) is 10.4. The van der Waals surface area contributed by atoms with E-state index in [0.29, 0.717) is 106 Å². The summed E-state index contributed by atoms with van der Waals surface area (Å²) in [4.78, 5) is 97.0. The Hall–Kier alpha value is -7.56. The van der Waals surface area contributed by atoms with Gasteiger partial charge >= 0.3 is 0 Å². The molecule has 3 aromatic carbocycles. The highest BCUT2D eigenvalue weighted by Crippen LogP contribution is 2.53. The number of carbonyl (C=O) groups is 7. The summed E-state index contributed by atoms with van der Waals surface area (Å²) in [6.45, 7) is 4.30. The van der Waals surface area contributed by atoms with E-state index < -0.39 is 29.7 Å². The Morgan fingerprint density at radius 1 is 0.726 bits per heavy atom. The lowest BCUT2D eigenvalue weighted by molar-refractivity contribution is -0.136. The molecule has 21 nitrogen and oxygen atoms in total. The third-order valence-electron chi connectivity index (χ3n) is 13.7. The highest BCUT2D eigenvalue weighted by molar-refractivity contribution is 6.26. The van der Waals surface area contributed by atoms with Crippen LogP contribution < -0.4 is 20.9 Å². The van der Waals surface area contributed by atoms with Gasteiger partial charge in [-0.3, -0.25) is 53.7 Å². The smallest absolute Gasteiger partial charge is 0.264 e. The fourth-order valence-corrected chi connectivity index (χ4v) is 10.2. The van der Waals surface area contributed by atoms with Crippen LogP contribution in [-0.4, -0.2) is 138 Å². The van der Waals surface area contributed by atoms with E-state index in [-0.39, 0.29) is 72.0 Å². The molecule has 2 saturated heterocycles. The second kappa shape index (κ2) is 22.1. The molecule has 0 spiro atoms. The molecular formula is C52H53N9O12. The number of rotatable bonds is 24. The van der Waals surface area contributed by atoms with Gasteiger partial charge in [0.1, 0.15) is 11.7 Å². The van der Waals surface area contributed by atoms with Crippen LogP contribution in [0.4, 0.5) is 17.1 Å². The number of hydrogen-bond donors (Lipinski definition) is 3. The maximum absolute atomic E-state index is 13.4. The Morgan fingerprint density at radius 2 is 1.38 bits per heavy atom. The van der Waals surface area contributed by atoms with Gasteiger partial charge in [-0.1, -0.05) is 35.6 Å². The van der Waals surface area contributed by atoms with Crippen molar-refractivity contribution in [2.75, 3.05) is 81.5 Å². The molecule has 2 bridgehead atoms. The molecule has 5 aliphatic rings. The number of amides is 7. The molecule has 0 radical (unpaired) electrons. The van der Waals surface area contributed by atoms with Crippen molar-refractivity contribution < 1.29 is 57.2 Å². The summed E-state index contributed by atoms with van der Waals surface area (Å²) in [5.41, 5.74) is 4.43. The van der Waals surface area contributed by atoms with Gasteiger partial charge in [-0.2, -0.15) is 0 Å². The highest BCUT2D eigenvalue weighted by Gasteiger charge is 2.59. The van der Waals surface area contributed by atoms with Crippen molar-refractivity contribution in [2.24, 2.45) is 23.7 Å². The number of allylic oxidation sites excluding steroid dienone is 2. The predicted molar refractivity (Wildman–Crippen MR) is 260 cm³/mol. The van der Waals surface area contributed by atoms with Crippen LogP contribution in [0.1, 0.15) is 61.6 Å². The first kappa shape index (κ1) is 49.0. The summed E-state index contributed by atoms with van der Waals surface area (Å²) in [5.74, 6) is -3.23. The van der Waals surface area contributed by atoms with Crippen molar-refractivity contribution in [3.63, 3.8) is 0 Å². The quantitative estimate of drug-likeness (QED) is 0.0454. The number of anilines is 3. The van der Waals surface area contributed by atoms with Gasteiger partial charge < -0.3 is 34.3 Å². The van der Waals surface area contributed by atoms with Crippen LogP contribution in [0.5, 0.6) is 0 Å². The third-order valence-corrected chi connectivity index (χ3v) is 13.7. The zero-order valence-electron chi connectivity index (χ0n) is 39.7. The van der Waals surface area contributed by atoms with Crippen molar-refractivity contribution in [1.82, 2.24) is 30.2 Å². The first-order chi connectivity index (χ1) is 35.6. The summed E-state index contributed by atoms with van der Waals surface area (Å²) >= 11 is 0. The van der Waals surface area contributed by atoms with E-state index in [2.05, 4.69) is 43.4 Å². The topological polar surface area (TPSA) is 252 Å². The van der Waals surface area contributed by atoms with Crippen LogP contribution in [0.15, 0.2) is 91.3 Å². The molecule has 2 aromatic heterocycles. The largest absolute Gasteiger partial charge is 0.382 e. The van der Waals surface area contributed by atoms with Crippen LogP contribution in [0.2, 0.25) is 0 Å². The average Bonchev–Trinajstić information content (AvgIpc) is 4.23. The fraction of sp³-hybridized carbons (Fsp3) is 0.385. The lowest BCUT2D eigenvalue weighted by atomic mass is 9.85. The predicted octanol–water partition coefficient (Wildman–Crippen LogP) is 3.53. The first-order valence-electron chi connectivity index (χ1n) is 24.3. The maximum atomic E-state index is 13.4. The fourth-order valence-electron chi connectivity index (χ4n) is 10.2. The van der Waals surface area contributed by atoms with Crippen LogP contribution in [0.3, 0.4) is 0 Å². The van der Waals surface area contributed by atoms with Crippen molar-refractivity contribution in [1.29, 1.82) is 0 Å². The Kier molecular flexibility index (Phi) is 14.8. The molecule has 378 valence electrons. The molecule has 5 aromatic rings. The average molecular weight is 996 g/mol. The first-order valence-corrected chi connectivity index (χ1v) is 24.3. The van der Waals surface area contributed by atoms with E-state index in [4.69, 9.17) is 23.7 Å². The lowest BCUT2D eigenvalue weighted by Crippen LogP contribution is -2.54. The number of ether oxygens (including phenoxy) is 5. The minimum Gasteiger partial charge on any atom is -0.382 e. The molecule has 3 aliphatic heterocycles. The number of imide groups is 3. The summed E-state index contributed by atoms with van der Waals surface area (Å²) in [6, 6.07) is 17.9. The number of piperidine rings is 1. The van der Waals surface area contributed by atoms with Gasteiger partial charge in [-0.05, 0) is 78.8 Å². The Balaban J connectivity index is 0.570. The zero-order valence-corrected chi connectivity index (χ0v) is 39.7. The van der Waals surface area contributed by atoms with Gasteiger partial charge in [0.05, 0.1) is 119 Å². The number of aromatic nitrogens is 4. The van der Waals surface area contributed by atoms with Crippen LogP contribution in [0, 0.1) is 23.7 Å². The van der Waals surface area contributed by atoms with Crippen molar-refractivity contribution in [3.8, 4) is 0 Å². The number of fused-ring (bicyclic) bond motifs is 7. The van der Waals surface area contributed by atoms with Crippen LogP contribution in [0.25, 0.3) is 10.9 Å². The van der Waals surface area contributed by atoms with Crippen LogP contribution >= 0.6 is 0 Å². The Labute approximate surface area is 418 Å². The Morgan fingerprint density at radius 3 is 2.08 bits per heavy atom. The minimum atomic E-state index is -1.03. The number of para-hydroxylation sites is 1. The molecule has 21 heteroatoms. The van der Waals surface area contributed by atoms with Gasteiger partial charge in [-0.15, -0.1) is 5.10 Å². The summed E-state index contributed by atoms with van der Waals surface area (Å²) in [6.07, 6.45) is 8.63. The minimum absolute atomic E-state index is 0.0523. The van der Waals surface area contributed by atoms with E-state index in [1.165, 1.54) is 4.90 Å². The molecule has 3 fully saturated rings. The van der Waals surface area contributed by atoms with Crippen molar-refractivity contribution >= 4 is 69.3 Å². The molecule has 1 saturated carbocycles. The molecule has 3 N–H and O–H groups in total. The molecule has 10 rings (SSSR count). The summed E-state index contributed by atoms with van der Waals surface area (Å²) in [7, 11) is 0. The normalized spacial score (nSPS) is 20.9. The molecular weight excluding hydrogens is 943 g/mol. The highest BCUT2D eigenvalue weighted by atomic mass is 16.6. The number of carbonyl (C=O) groups excluding carboxylic acids is 7. The van der Waals surface area contributed by atoms with E-state index in [9.17, 15) is 33.6 Å². The summed E-state index contributed by atoms with van der Waals surface area (Å²) in [5, 5.41) is 17.7. The zero-order chi connectivity index (χ0) is 50.4. The van der Waals surface area contributed by atoms with Gasteiger partial charge in [-0.25, -0.2) is 4.68 Å². The number of nitrogens with zero attached hydrogens (tertiary/aromatic N) is 6. The number of hydrogen-bond acceptors (Lipinski definition) is 16. The Bertz CT molecular complexity index is 2950. The maximum Gasteiger partial charge on any atom is 0.264 e. The molecule has 7 amide bonds. The molecule has 2 aliphatic carbocycles. The molecule has 5 atom stereocenters. The van der Waals surface area contributed by atoms with Crippen molar-refractivity contribution in [3.05, 3.63) is 119 Å². The lowest BCUT2D eigenvalue weighted by Gasteiger charge is -2.27. The second-order valence-corrected chi connectivity index (χ2v) is 18.2. The van der Waals surface area contributed by atoms with E-state index in [0.717, 1.165) is 22.3 Å². The van der Waals surface area contributed by atoms with E-state index >= 15 is 0 Å². The second-order valence-electron chi connectivity index (χ2n) is 18.2. The molecule has 5 heterocycles. The molecule has 2 unspecified atom stereocenters.